The number of aromatic nitrogens is 2. The zero-order chi connectivity index (χ0) is 22.2. The average molecular weight is 446 g/mol. The fraction of sp³-hybridized carbons (Fsp3) is 0.545. The van der Waals surface area contributed by atoms with Crippen LogP contribution in [0.4, 0.5) is 11.8 Å². The summed E-state index contributed by atoms with van der Waals surface area (Å²) in [5, 5.41) is 0. The molecule has 0 radical (unpaired) electrons. The van der Waals surface area contributed by atoms with Gasteiger partial charge in [0.2, 0.25) is 16.0 Å². The van der Waals surface area contributed by atoms with Crippen LogP contribution in [-0.2, 0) is 14.8 Å². The van der Waals surface area contributed by atoms with Crippen LogP contribution in [0.1, 0.15) is 22.4 Å². The van der Waals surface area contributed by atoms with Crippen molar-refractivity contribution in [1.29, 1.82) is 0 Å². The van der Waals surface area contributed by atoms with E-state index in [0.717, 1.165) is 47.2 Å². The topological polar surface area (TPSA) is 78.9 Å². The number of sulfonamides is 1. The van der Waals surface area contributed by atoms with Crippen LogP contribution in [-0.4, -0.2) is 75.2 Å². The van der Waals surface area contributed by atoms with Crippen molar-refractivity contribution in [2.45, 2.75) is 32.6 Å². The Morgan fingerprint density at radius 2 is 1.42 bits per heavy atom. The first-order valence-corrected chi connectivity index (χ1v) is 12.2. The summed E-state index contributed by atoms with van der Waals surface area (Å²) in [5.41, 5.74) is 3.60. The molecule has 0 saturated carbocycles. The fourth-order valence-corrected chi connectivity index (χ4v) is 6.30. The molecule has 8 nitrogen and oxygen atoms in total. The number of hydrogen-bond acceptors (Lipinski definition) is 7. The SMILES string of the molecule is Cc1cc(C)c(S(=O)(=O)N2CCN(c3cc(C)nc(N4CCOCC4)n3)CC2)c(C)c1. The van der Waals surface area contributed by atoms with Crippen LogP contribution in [0.25, 0.3) is 0 Å². The van der Waals surface area contributed by atoms with Crippen molar-refractivity contribution in [2.24, 2.45) is 0 Å². The predicted molar refractivity (Wildman–Crippen MR) is 121 cm³/mol. The molecule has 2 aliphatic heterocycles. The summed E-state index contributed by atoms with van der Waals surface area (Å²) in [6.07, 6.45) is 0. The largest absolute Gasteiger partial charge is 0.378 e. The van der Waals surface area contributed by atoms with Crippen LogP contribution in [0.15, 0.2) is 23.1 Å². The number of hydrogen-bond donors (Lipinski definition) is 0. The number of aryl methyl sites for hydroxylation is 4. The van der Waals surface area contributed by atoms with Crippen molar-refractivity contribution >= 4 is 21.8 Å². The van der Waals surface area contributed by atoms with Gasteiger partial charge in [-0.2, -0.15) is 9.29 Å². The Labute approximate surface area is 184 Å². The van der Waals surface area contributed by atoms with E-state index in [4.69, 9.17) is 9.72 Å². The summed E-state index contributed by atoms with van der Waals surface area (Å²) in [4.78, 5) is 14.1. The minimum Gasteiger partial charge on any atom is -0.378 e. The summed E-state index contributed by atoms with van der Waals surface area (Å²) >= 11 is 0. The maximum absolute atomic E-state index is 13.4. The van der Waals surface area contributed by atoms with Crippen molar-refractivity contribution in [1.82, 2.24) is 14.3 Å². The van der Waals surface area contributed by atoms with Crippen LogP contribution in [0, 0.1) is 27.7 Å². The molecule has 168 valence electrons. The molecular formula is C22H31N5O3S. The van der Waals surface area contributed by atoms with Gasteiger partial charge < -0.3 is 14.5 Å². The first-order valence-electron chi connectivity index (χ1n) is 10.8. The van der Waals surface area contributed by atoms with Gasteiger partial charge in [-0.25, -0.2) is 13.4 Å². The first kappa shape index (κ1) is 22.0. The molecule has 31 heavy (non-hydrogen) atoms. The molecule has 2 fully saturated rings. The van der Waals surface area contributed by atoms with Gasteiger partial charge in [0.1, 0.15) is 5.82 Å². The molecule has 0 bridgehead atoms. The summed E-state index contributed by atoms with van der Waals surface area (Å²) < 4.78 is 33.8. The molecule has 2 aliphatic rings. The molecule has 0 spiro atoms. The van der Waals surface area contributed by atoms with E-state index in [9.17, 15) is 8.42 Å². The third-order valence-corrected chi connectivity index (χ3v) is 8.09. The molecule has 2 aromatic rings. The number of anilines is 2. The van der Waals surface area contributed by atoms with E-state index in [2.05, 4.69) is 14.8 Å². The van der Waals surface area contributed by atoms with Crippen LogP contribution in [0.3, 0.4) is 0 Å². The molecule has 0 atom stereocenters. The summed E-state index contributed by atoms with van der Waals surface area (Å²) in [6, 6.07) is 5.85. The molecule has 1 aromatic heterocycles. The van der Waals surface area contributed by atoms with Gasteiger partial charge in [0.15, 0.2) is 0 Å². The van der Waals surface area contributed by atoms with Gasteiger partial charge in [-0.15, -0.1) is 0 Å². The van der Waals surface area contributed by atoms with Crippen LogP contribution in [0.2, 0.25) is 0 Å². The monoisotopic (exact) mass is 445 g/mol. The zero-order valence-corrected chi connectivity index (χ0v) is 19.6. The molecule has 2 saturated heterocycles. The molecule has 0 amide bonds. The quantitative estimate of drug-likeness (QED) is 0.713. The Morgan fingerprint density at radius 3 is 2.03 bits per heavy atom. The minimum absolute atomic E-state index is 0.436. The van der Waals surface area contributed by atoms with Crippen LogP contribution >= 0.6 is 0 Å². The fourth-order valence-electron chi connectivity index (χ4n) is 4.46. The highest BCUT2D eigenvalue weighted by Crippen LogP contribution is 2.27. The lowest BCUT2D eigenvalue weighted by atomic mass is 10.1. The van der Waals surface area contributed by atoms with Crippen LogP contribution < -0.4 is 9.80 Å². The lowest BCUT2D eigenvalue weighted by Gasteiger charge is -2.36. The molecule has 0 N–H and O–H groups in total. The maximum atomic E-state index is 13.4. The lowest BCUT2D eigenvalue weighted by Crippen LogP contribution is -2.49. The minimum atomic E-state index is -3.53. The van der Waals surface area contributed by atoms with Gasteiger partial charge in [0.05, 0.1) is 18.1 Å². The predicted octanol–water partition coefficient (Wildman–Crippen LogP) is 2.06. The number of nitrogens with zero attached hydrogens (tertiary/aromatic N) is 5. The van der Waals surface area contributed by atoms with Gasteiger partial charge in [0, 0.05) is 51.0 Å². The molecule has 0 aliphatic carbocycles. The van der Waals surface area contributed by atoms with E-state index in [1.54, 1.807) is 4.31 Å². The highest BCUT2D eigenvalue weighted by molar-refractivity contribution is 7.89. The van der Waals surface area contributed by atoms with E-state index in [-0.39, 0.29) is 0 Å². The Morgan fingerprint density at radius 1 is 0.806 bits per heavy atom. The van der Waals surface area contributed by atoms with Gasteiger partial charge >= 0.3 is 0 Å². The lowest BCUT2D eigenvalue weighted by molar-refractivity contribution is 0.122. The molecule has 0 unspecified atom stereocenters. The van der Waals surface area contributed by atoms with E-state index in [0.29, 0.717) is 44.3 Å². The molecular weight excluding hydrogens is 414 g/mol. The van der Waals surface area contributed by atoms with Crippen molar-refractivity contribution in [2.75, 3.05) is 62.3 Å². The number of morpholine rings is 1. The van der Waals surface area contributed by atoms with E-state index < -0.39 is 10.0 Å². The van der Waals surface area contributed by atoms with E-state index in [1.165, 1.54) is 0 Å². The molecule has 1 aromatic carbocycles. The smallest absolute Gasteiger partial charge is 0.243 e. The maximum Gasteiger partial charge on any atom is 0.243 e. The van der Waals surface area contributed by atoms with Gasteiger partial charge in [0.25, 0.3) is 0 Å². The van der Waals surface area contributed by atoms with E-state index >= 15 is 0 Å². The second-order valence-electron chi connectivity index (χ2n) is 8.39. The summed E-state index contributed by atoms with van der Waals surface area (Å²) in [7, 11) is -3.53. The Kier molecular flexibility index (Phi) is 6.18. The summed E-state index contributed by atoms with van der Waals surface area (Å²) in [5.74, 6) is 1.58. The van der Waals surface area contributed by atoms with Crippen LogP contribution in [0.5, 0.6) is 0 Å². The number of piperazine rings is 1. The number of rotatable bonds is 4. The molecule has 4 rings (SSSR count). The van der Waals surface area contributed by atoms with Gasteiger partial charge in [-0.1, -0.05) is 17.7 Å². The van der Waals surface area contributed by atoms with Gasteiger partial charge in [-0.3, -0.25) is 0 Å². The number of ether oxygens (including phenoxy) is 1. The second kappa shape index (κ2) is 8.72. The van der Waals surface area contributed by atoms with Crippen molar-refractivity contribution in [3.8, 4) is 0 Å². The normalized spacial score (nSPS) is 18.5. The highest BCUT2D eigenvalue weighted by atomic mass is 32.2. The summed E-state index contributed by atoms with van der Waals surface area (Å²) in [6.45, 7) is 12.7. The third-order valence-electron chi connectivity index (χ3n) is 5.89. The Bertz CT molecular complexity index is 1040. The van der Waals surface area contributed by atoms with Crippen molar-refractivity contribution < 1.29 is 13.2 Å². The standard InChI is InChI=1S/C22H31N5O3S/c1-16-13-17(2)21(18(3)14-16)31(28,29)27-7-5-25(6-8-27)20-15-19(4)23-22(24-20)26-9-11-30-12-10-26/h13-15H,5-12H2,1-4H3. The van der Waals surface area contributed by atoms with Crippen molar-refractivity contribution in [3.05, 3.63) is 40.6 Å². The second-order valence-corrected chi connectivity index (χ2v) is 10.3. The van der Waals surface area contributed by atoms with E-state index in [1.807, 2.05) is 45.9 Å². The first-order chi connectivity index (χ1) is 14.8. The Balaban J connectivity index is 1.51. The number of benzene rings is 1. The molecule has 9 heteroatoms. The Hall–Kier alpha value is -2.23. The highest BCUT2D eigenvalue weighted by Gasteiger charge is 2.31. The molecule has 3 heterocycles. The average Bonchev–Trinajstić information content (AvgIpc) is 2.73. The van der Waals surface area contributed by atoms with Gasteiger partial charge in [-0.05, 0) is 38.8 Å². The third kappa shape index (κ3) is 4.53. The van der Waals surface area contributed by atoms with Crippen molar-refractivity contribution in [3.63, 3.8) is 0 Å². The zero-order valence-electron chi connectivity index (χ0n) is 18.8.